The van der Waals surface area contributed by atoms with E-state index in [-0.39, 0.29) is 17.7 Å². The van der Waals surface area contributed by atoms with Gasteiger partial charge in [-0.1, -0.05) is 43.3 Å². The van der Waals surface area contributed by atoms with Crippen molar-refractivity contribution in [3.63, 3.8) is 0 Å². The topological polar surface area (TPSA) is 58.2 Å². The van der Waals surface area contributed by atoms with Crippen molar-refractivity contribution in [1.82, 2.24) is 0 Å². The van der Waals surface area contributed by atoms with Gasteiger partial charge >= 0.3 is 0 Å². The van der Waals surface area contributed by atoms with Crippen LogP contribution in [0.15, 0.2) is 54.6 Å². The molecule has 4 heteroatoms. The smallest absolute Gasteiger partial charge is 0.224 e. The Morgan fingerprint density at radius 3 is 2.23 bits per heavy atom. The number of carbonyl (C=O) groups excluding carboxylic acids is 2. The Kier molecular flexibility index (Phi) is 5.31. The summed E-state index contributed by atoms with van der Waals surface area (Å²) < 4.78 is 0. The van der Waals surface area contributed by atoms with Crippen molar-refractivity contribution < 1.29 is 9.59 Å². The summed E-state index contributed by atoms with van der Waals surface area (Å²) in [5, 5.41) is 5.56. The van der Waals surface area contributed by atoms with Crippen molar-refractivity contribution in [1.29, 1.82) is 0 Å². The van der Waals surface area contributed by atoms with Gasteiger partial charge in [0.1, 0.15) is 0 Å². The van der Waals surface area contributed by atoms with Gasteiger partial charge in [0.25, 0.3) is 0 Å². The fourth-order valence-electron chi connectivity index (χ4n) is 2.27. The SMILES string of the molecule is CC(=O)Nc1cccc(NC(=O)C[C@H](C)c2ccccc2)c1. The molecule has 0 saturated heterocycles. The number of hydrogen-bond donors (Lipinski definition) is 2. The molecule has 0 fully saturated rings. The first-order chi connectivity index (χ1) is 10.5. The Bertz CT molecular complexity index is 653. The third-order valence-corrected chi connectivity index (χ3v) is 3.33. The standard InChI is InChI=1S/C18H20N2O2/c1-13(15-7-4-3-5-8-15)11-18(22)20-17-10-6-9-16(12-17)19-14(2)21/h3-10,12-13H,11H2,1-2H3,(H,19,21)(H,20,22)/t13-/m0/s1. The van der Waals surface area contributed by atoms with Crippen molar-refractivity contribution in [2.24, 2.45) is 0 Å². The molecule has 0 aliphatic heterocycles. The fraction of sp³-hybridized carbons (Fsp3) is 0.222. The lowest BCUT2D eigenvalue weighted by Crippen LogP contribution is -2.14. The van der Waals surface area contributed by atoms with E-state index in [0.717, 1.165) is 5.56 Å². The number of hydrogen-bond acceptors (Lipinski definition) is 2. The Balaban J connectivity index is 1.96. The van der Waals surface area contributed by atoms with Gasteiger partial charge in [0.15, 0.2) is 0 Å². The predicted octanol–water partition coefficient (Wildman–Crippen LogP) is 3.78. The van der Waals surface area contributed by atoms with Crippen molar-refractivity contribution in [3.8, 4) is 0 Å². The summed E-state index contributed by atoms with van der Waals surface area (Å²) >= 11 is 0. The normalized spacial score (nSPS) is 11.5. The molecule has 22 heavy (non-hydrogen) atoms. The number of rotatable bonds is 5. The van der Waals surface area contributed by atoms with Crippen LogP contribution in [0.25, 0.3) is 0 Å². The Morgan fingerprint density at radius 1 is 0.955 bits per heavy atom. The van der Waals surface area contributed by atoms with E-state index in [0.29, 0.717) is 17.8 Å². The number of carbonyl (C=O) groups is 2. The second-order valence-corrected chi connectivity index (χ2v) is 5.33. The number of nitrogens with one attached hydrogen (secondary N) is 2. The first-order valence-corrected chi connectivity index (χ1v) is 7.27. The average Bonchev–Trinajstić information content (AvgIpc) is 2.47. The predicted molar refractivity (Wildman–Crippen MR) is 88.8 cm³/mol. The van der Waals surface area contributed by atoms with Gasteiger partial charge in [0.05, 0.1) is 0 Å². The summed E-state index contributed by atoms with van der Waals surface area (Å²) in [6.45, 7) is 3.48. The molecule has 0 saturated carbocycles. The summed E-state index contributed by atoms with van der Waals surface area (Å²) in [6.07, 6.45) is 0.411. The molecule has 0 aliphatic carbocycles. The van der Waals surface area contributed by atoms with Crippen LogP contribution in [0.5, 0.6) is 0 Å². The van der Waals surface area contributed by atoms with Gasteiger partial charge in [-0.2, -0.15) is 0 Å². The van der Waals surface area contributed by atoms with Gasteiger partial charge in [0.2, 0.25) is 11.8 Å². The van der Waals surface area contributed by atoms with Crippen LogP contribution in [0.3, 0.4) is 0 Å². The fourth-order valence-corrected chi connectivity index (χ4v) is 2.27. The minimum Gasteiger partial charge on any atom is -0.326 e. The first-order valence-electron chi connectivity index (χ1n) is 7.27. The highest BCUT2D eigenvalue weighted by atomic mass is 16.2. The number of amides is 2. The molecule has 0 bridgehead atoms. The summed E-state index contributed by atoms with van der Waals surface area (Å²) in [4.78, 5) is 23.2. The molecule has 2 N–H and O–H groups in total. The van der Waals surface area contributed by atoms with Gasteiger partial charge in [0, 0.05) is 24.7 Å². The second kappa shape index (κ2) is 7.41. The van der Waals surface area contributed by atoms with Crippen LogP contribution in [-0.4, -0.2) is 11.8 Å². The van der Waals surface area contributed by atoms with E-state index in [9.17, 15) is 9.59 Å². The van der Waals surface area contributed by atoms with Crippen molar-refractivity contribution >= 4 is 23.2 Å². The Hall–Kier alpha value is -2.62. The zero-order valence-electron chi connectivity index (χ0n) is 12.8. The molecule has 2 amide bonds. The number of anilines is 2. The number of benzene rings is 2. The maximum Gasteiger partial charge on any atom is 0.224 e. The Morgan fingerprint density at radius 2 is 1.59 bits per heavy atom. The lowest BCUT2D eigenvalue weighted by atomic mass is 9.97. The lowest BCUT2D eigenvalue weighted by molar-refractivity contribution is -0.116. The largest absolute Gasteiger partial charge is 0.326 e. The van der Waals surface area contributed by atoms with Crippen LogP contribution in [-0.2, 0) is 9.59 Å². The summed E-state index contributed by atoms with van der Waals surface area (Å²) in [5.74, 6) is -0.0303. The third kappa shape index (κ3) is 4.74. The van der Waals surface area contributed by atoms with Gasteiger partial charge < -0.3 is 10.6 Å². The van der Waals surface area contributed by atoms with Crippen LogP contribution in [0.2, 0.25) is 0 Å². The van der Waals surface area contributed by atoms with Crippen molar-refractivity contribution in [2.45, 2.75) is 26.2 Å². The van der Waals surface area contributed by atoms with E-state index in [1.165, 1.54) is 6.92 Å². The average molecular weight is 296 g/mol. The van der Waals surface area contributed by atoms with Crippen LogP contribution in [0.4, 0.5) is 11.4 Å². The van der Waals surface area contributed by atoms with Gasteiger partial charge in [-0.3, -0.25) is 9.59 Å². The zero-order valence-corrected chi connectivity index (χ0v) is 12.8. The highest BCUT2D eigenvalue weighted by molar-refractivity contribution is 5.93. The highest BCUT2D eigenvalue weighted by Crippen LogP contribution is 2.20. The van der Waals surface area contributed by atoms with Gasteiger partial charge in [-0.05, 0) is 29.7 Å². The van der Waals surface area contributed by atoms with E-state index in [4.69, 9.17) is 0 Å². The van der Waals surface area contributed by atoms with Crippen LogP contribution < -0.4 is 10.6 Å². The summed E-state index contributed by atoms with van der Waals surface area (Å²) in [6, 6.07) is 17.1. The third-order valence-electron chi connectivity index (χ3n) is 3.33. The molecule has 0 spiro atoms. The molecule has 2 aromatic rings. The quantitative estimate of drug-likeness (QED) is 0.882. The second-order valence-electron chi connectivity index (χ2n) is 5.33. The maximum atomic E-state index is 12.1. The lowest BCUT2D eigenvalue weighted by Gasteiger charge is -2.12. The maximum absolute atomic E-state index is 12.1. The molecule has 1 atom stereocenters. The minimum absolute atomic E-state index is 0.0451. The molecule has 0 radical (unpaired) electrons. The zero-order chi connectivity index (χ0) is 15.9. The van der Waals surface area contributed by atoms with E-state index >= 15 is 0 Å². The van der Waals surface area contributed by atoms with Gasteiger partial charge in [-0.25, -0.2) is 0 Å². The van der Waals surface area contributed by atoms with E-state index in [1.54, 1.807) is 24.3 Å². The monoisotopic (exact) mass is 296 g/mol. The minimum atomic E-state index is -0.138. The Labute approximate surface area is 130 Å². The van der Waals surface area contributed by atoms with Crippen molar-refractivity contribution in [3.05, 3.63) is 60.2 Å². The van der Waals surface area contributed by atoms with Crippen LogP contribution in [0.1, 0.15) is 31.7 Å². The summed E-state index contributed by atoms with van der Waals surface area (Å²) in [5.41, 5.74) is 2.49. The van der Waals surface area contributed by atoms with Crippen LogP contribution in [0, 0.1) is 0 Å². The van der Waals surface area contributed by atoms with E-state index in [2.05, 4.69) is 10.6 Å². The molecular weight excluding hydrogens is 276 g/mol. The molecular formula is C18H20N2O2. The van der Waals surface area contributed by atoms with Crippen molar-refractivity contribution in [2.75, 3.05) is 10.6 Å². The van der Waals surface area contributed by atoms with Crippen LogP contribution >= 0.6 is 0 Å². The summed E-state index contributed by atoms with van der Waals surface area (Å²) in [7, 11) is 0. The molecule has 2 aromatic carbocycles. The van der Waals surface area contributed by atoms with E-state index < -0.39 is 0 Å². The molecule has 114 valence electrons. The molecule has 0 aliphatic rings. The molecule has 0 aromatic heterocycles. The highest BCUT2D eigenvalue weighted by Gasteiger charge is 2.11. The molecule has 0 unspecified atom stereocenters. The molecule has 2 rings (SSSR count). The molecule has 4 nitrogen and oxygen atoms in total. The van der Waals surface area contributed by atoms with E-state index in [1.807, 2.05) is 37.3 Å². The first kappa shape index (κ1) is 15.8. The molecule has 0 heterocycles. The van der Waals surface area contributed by atoms with Gasteiger partial charge in [-0.15, -0.1) is 0 Å².